The number of rotatable bonds is 4. The van der Waals surface area contributed by atoms with E-state index in [4.69, 9.17) is 4.74 Å². The molecule has 2 amide bonds. The van der Waals surface area contributed by atoms with Crippen LogP contribution in [0.5, 0.6) is 5.75 Å². The lowest BCUT2D eigenvalue weighted by Gasteiger charge is -2.39. The number of methoxy groups -OCH3 is 1. The van der Waals surface area contributed by atoms with E-state index in [1.165, 1.54) is 6.20 Å². The number of aryl methyl sites for hydroxylation is 2. The summed E-state index contributed by atoms with van der Waals surface area (Å²) >= 11 is 0. The van der Waals surface area contributed by atoms with Crippen molar-refractivity contribution < 1.29 is 14.3 Å². The summed E-state index contributed by atoms with van der Waals surface area (Å²) in [6.07, 6.45) is 6.58. The van der Waals surface area contributed by atoms with Crippen LogP contribution in [0.1, 0.15) is 57.8 Å². The molecule has 2 aliphatic rings. The molecule has 2 unspecified atom stereocenters. The van der Waals surface area contributed by atoms with Gasteiger partial charge in [0.05, 0.1) is 19.0 Å². The Bertz CT molecular complexity index is 914. The molecule has 2 atom stereocenters. The Hall–Kier alpha value is -2.96. The van der Waals surface area contributed by atoms with Crippen molar-refractivity contribution in [3.05, 3.63) is 53.1 Å². The third-order valence-corrected chi connectivity index (χ3v) is 5.98. The molecule has 29 heavy (non-hydrogen) atoms. The number of hydrogen-bond acceptors (Lipinski definition) is 5. The van der Waals surface area contributed by atoms with E-state index >= 15 is 0 Å². The highest BCUT2D eigenvalue weighted by Crippen LogP contribution is 2.37. The molecule has 7 nitrogen and oxygen atoms in total. The highest BCUT2D eigenvalue weighted by molar-refractivity contribution is 5.96. The molecule has 0 aliphatic carbocycles. The van der Waals surface area contributed by atoms with Crippen molar-refractivity contribution in [1.82, 2.24) is 20.2 Å². The molecule has 152 valence electrons. The van der Waals surface area contributed by atoms with E-state index < -0.39 is 0 Å². The van der Waals surface area contributed by atoms with Crippen LogP contribution >= 0.6 is 0 Å². The molecule has 4 rings (SSSR count). The van der Waals surface area contributed by atoms with Crippen LogP contribution in [0, 0.1) is 13.8 Å². The lowest BCUT2D eigenvalue weighted by molar-refractivity contribution is 0.0548. The predicted octanol–water partition coefficient (Wildman–Crippen LogP) is 2.67. The Kier molecular flexibility index (Phi) is 5.22. The summed E-state index contributed by atoms with van der Waals surface area (Å²) in [4.78, 5) is 36.1. The summed E-state index contributed by atoms with van der Waals surface area (Å²) < 4.78 is 5.25. The molecule has 2 saturated heterocycles. The third kappa shape index (κ3) is 3.81. The fourth-order valence-corrected chi connectivity index (χ4v) is 4.54. The van der Waals surface area contributed by atoms with Crippen LogP contribution in [0.3, 0.4) is 0 Å². The number of nitrogens with zero attached hydrogens (tertiary/aromatic N) is 3. The normalized spacial score (nSPS) is 23.0. The van der Waals surface area contributed by atoms with Crippen LogP contribution in [-0.2, 0) is 0 Å². The first kappa shape index (κ1) is 19.4. The Morgan fingerprint density at radius 1 is 1.10 bits per heavy atom. The molecule has 2 bridgehead atoms. The minimum Gasteiger partial charge on any atom is -0.497 e. The van der Waals surface area contributed by atoms with E-state index in [-0.39, 0.29) is 29.9 Å². The Labute approximate surface area is 170 Å². The van der Waals surface area contributed by atoms with Gasteiger partial charge < -0.3 is 15.0 Å². The number of hydrogen-bond donors (Lipinski definition) is 1. The van der Waals surface area contributed by atoms with Crippen LogP contribution < -0.4 is 10.1 Å². The van der Waals surface area contributed by atoms with Gasteiger partial charge in [0.2, 0.25) is 0 Å². The molecule has 1 aromatic heterocycles. The summed E-state index contributed by atoms with van der Waals surface area (Å²) in [6.45, 7) is 3.77. The topological polar surface area (TPSA) is 84.4 Å². The van der Waals surface area contributed by atoms with Crippen LogP contribution in [0.25, 0.3) is 0 Å². The van der Waals surface area contributed by atoms with Crippen molar-refractivity contribution in [2.75, 3.05) is 7.11 Å². The molecule has 0 radical (unpaired) electrons. The summed E-state index contributed by atoms with van der Waals surface area (Å²) in [6, 6.07) is 5.92. The van der Waals surface area contributed by atoms with Crippen LogP contribution in [0.4, 0.5) is 0 Å². The Balaban J connectivity index is 1.44. The van der Waals surface area contributed by atoms with E-state index in [0.29, 0.717) is 5.69 Å². The van der Waals surface area contributed by atoms with Crippen LogP contribution in [0.2, 0.25) is 0 Å². The maximum absolute atomic E-state index is 13.2. The predicted molar refractivity (Wildman–Crippen MR) is 108 cm³/mol. The van der Waals surface area contributed by atoms with Gasteiger partial charge in [0.25, 0.3) is 11.8 Å². The van der Waals surface area contributed by atoms with Gasteiger partial charge in [0.1, 0.15) is 11.4 Å². The fourth-order valence-electron chi connectivity index (χ4n) is 4.54. The number of nitrogens with one attached hydrogen (secondary N) is 1. The summed E-state index contributed by atoms with van der Waals surface area (Å²) in [5.74, 6) is 0.627. The number of carbonyl (C=O) groups excluding carboxylic acids is 2. The molecule has 1 N–H and O–H groups in total. The molecule has 2 fully saturated rings. The number of carbonyl (C=O) groups is 2. The number of aromatic nitrogens is 2. The third-order valence-electron chi connectivity index (χ3n) is 5.98. The Morgan fingerprint density at radius 3 is 2.41 bits per heavy atom. The first-order chi connectivity index (χ1) is 14.0. The van der Waals surface area contributed by atoms with E-state index in [2.05, 4.69) is 15.3 Å². The van der Waals surface area contributed by atoms with Gasteiger partial charge in [-0.05, 0) is 63.3 Å². The van der Waals surface area contributed by atoms with E-state index in [1.54, 1.807) is 13.3 Å². The largest absolute Gasteiger partial charge is 0.497 e. The quantitative estimate of drug-likeness (QED) is 0.862. The van der Waals surface area contributed by atoms with E-state index in [1.807, 2.05) is 36.9 Å². The second-order valence-electron chi connectivity index (χ2n) is 7.96. The fraction of sp³-hybridized carbons (Fsp3) is 0.455. The minimum absolute atomic E-state index is 0.0455. The van der Waals surface area contributed by atoms with Crippen molar-refractivity contribution >= 4 is 11.8 Å². The maximum Gasteiger partial charge on any atom is 0.271 e. The molecule has 2 aliphatic heterocycles. The van der Waals surface area contributed by atoms with Gasteiger partial charge in [-0.2, -0.15) is 0 Å². The van der Waals surface area contributed by atoms with Gasteiger partial charge in [0.15, 0.2) is 0 Å². The lowest BCUT2D eigenvalue weighted by Crippen LogP contribution is -2.52. The first-order valence-electron chi connectivity index (χ1n) is 10.0. The molecular formula is C22H26N4O3. The molecule has 0 spiro atoms. The summed E-state index contributed by atoms with van der Waals surface area (Å²) in [7, 11) is 1.62. The Morgan fingerprint density at radius 2 is 1.83 bits per heavy atom. The molecule has 2 aromatic rings. The summed E-state index contributed by atoms with van der Waals surface area (Å²) in [5.41, 5.74) is 2.75. The van der Waals surface area contributed by atoms with Gasteiger partial charge in [-0.1, -0.05) is 0 Å². The zero-order valence-corrected chi connectivity index (χ0v) is 17.0. The van der Waals surface area contributed by atoms with E-state index in [0.717, 1.165) is 48.3 Å². The highest BCUT2D eigenvalue weighted by Gasteiger charge is 2.44. The van der Waals surface area contributed by atoms with Crippen LogP contribution in [-0.4, -0.2) is 51.9 Å². The van der Waals surface area contributed by atoms with Crippen molar-refractivity contribution in [2.45, 2.75) is 57.7 Å². The van der Waals surface area contributed by atoms with Gasteiger partial charge >= 0.3 is 0 Å². The van der Waals surface area contributed by atoms with Crippen molar-refractivity contribution in [1.29, 1.82) is 0 Å². The smallest absolute Gasteiger partial charge is 0.271 e. The average molecular weight is 394 g/mol. The maximum atomic E-state index is 13.2. The van der Waals surface area contributed by atoms with Crippen molar-refractivity contribution in [3.63, 3.8) is 0 Å². The number of benzene rings is 1. The average Bonchev–Trinajstić information content (AvgIpc) is 2.98. The zero-order valence-electron chi connectivity index (χ0n) is 17.0. The number of amides is 2. The minimum atomic E-state index is -0.201. The summed E-state index contributed by atoms with van der Waals surface area (Å²) in [5, 5.41) is 3.09. The molecule has 7 heteroatoms. The monoisotopic (exact) mass is 394 g/mol. The standard InChI is InChI=1S/C22H26N4O3/c1-13-8-18(29-3)6-7-19(13)22(28)26-16-4-5-17(26)10-15(9-16)25-21(27)20-12-23-14(2)11-24-20/h6-8,11-12,15-17H,4-5,9-10H2,1-3H3,(H,25,27). The van der Waals surface area contributed by atoms with Gasteiger partial charge in [-0.25, -0.2) is 4.98 Å². The van der Waals surface area contributed by atoms with Crippen molar-refractivity contribution in [2.24, 2.45) is 0 Å². The van der Waals surface area contributed by atoms with Gasteiger partial charge in [-0.3, -0.25) is 14.6 Å². The SMILES string of the molecule is COc1ccc(C(=O)N2C3CCC2CC(NC(=O)c2cnc(C)cn2)C3)c(C)c1. The van der Waals surface area contributed by atoms with Crippen LogP contribution in [0.15, 0.2) is 30.6 Å². The van der Waals surface area contributed by atoms with Crippen molar-refractivity contribution in [3.8, 4) is 5.75 Å². The number of ether oxygens (including phenoxy) is 1. The van der Waals surface area contributed by atoms with E-state index in [9.17, 15) is 9.59 Å². The second kappa shape index (κ2) is 7.81. The number of fused-ring (bicyclic) bond motifs is 2. The van der Waals surface area contributed by atoms with Gasteiger partial charge in [0, 0.05) is 29.9 Å². The zero-order chi connectivity index (χ0) is 20.5. The van der Waals surface area contributed by atoms with Gasteiger partial charge in [-0.15, -0.1) is 0 Å². The molecule has 0 saturated carbocycles. The first-order valence-corrected chi connectivity index (χ1v) is 10.0. The number of piperidine rings is 1. The highest BCUT2D eigenvalue weighted by atomic mass is 16.5. The second-order valence-corrected chi connectivity index (χ2v) is 7.96. The molecule has 3 heterocycles. The lowest BCUT2D eigenvalue weighted by atomic mass is 9.95. The molecular weight excluding hydrogens is 368 g/mol. The molecule has 1 aromatic carbocycles.